The van der Waals surface area contributed by atoms with Gasteiger partial charge >= 0.3 is 6.01 Å². The number of likely N-dealkylation sites (tertiary alicyclic amines) is 1. The lowest BCUT2D eigenvalue weighted by molar-refractivity contribution is -0.0532. The molecule has 2 atom stereocenters. The van der Waals surface area contributed by atoms with Crippen LogP contribution in [0.2, 0.25) is 0 Å². The Morgan fingerprint density at radius 3 is 2.43 bits per heavy atom. The third-order valence-corrected chi connectivity index (χ3v) is 13.1. The fourth-order valence-corrected chi connectivity index (χ4v) is 9.99. The van der Waals surface area contributed by atoms with Crippen molar-refractivity contribution < 1.29 is 32.1 Å². The second-order valence-corrected chi connectivity index (χ2v) is 17.2. The predicted octanol–water partition coefficient (Wildman–Crippen LogP) is 7.66. The molecule has 0 spiro atoms. The van der Waals surface area contributed by atoms with Gasteiger partial charge in [0.05, 0.1) is 17.6 Å². The zero-order chi connectivity index (χ0) is 40.5. The van der Waals surface area contributed by atoms with Crippen LogP contribution in [0.25, 0.3) is 43.7 Å². The highest BCUT2D eigenvalue weighted by Gasteiger charge is 2.47. The van der Waals surface area contributed by atoms with E-state index >= 15 is 8.78 Å². The van der Waals surface area contributed by atoms with E-state index in [1.54, 1.807) is 18.8 Å². The van der Waals surface area contributed by atoms with Gasteiger partial charge in [-0.3, -0.25) is 9.58 Å². The van der Waals surface area contributed by atoms with Crippen LogP contribution in [0.1, 0.15) is 63.4 Å². The third-order valence-electron chi connectivity index (χ3n) is 13.1. The van der Waals surface area contributed by atoms with Crippen molar-refractivity contribution in [1.82, 2.24) is 29.5 Å². The van der Waals surface area contributed by atoms with E-state index < -0.39 is 17.6 Å². The number of aromatic nitrogens is 4. The van der Waals surface area contributed by atoms with Crippen LogP contribution in [0.15, 0.2) is 30.5 Å². The maximum atomic E-state index is 17.9. The Balaban J connectivity index is 1.16. The molecule has 5 aromatic rings. The SMILES string of the molecule is C#Cc1c(F)ccc2cc(O)cc(-c3c(F)c4nc(OCC5(CN(C)C6CCC(F)(F)CC6)CC5)nc(N5[C@@H]6CC[C@H]5CN(CCCOC)C6)c4c4cn(C)nc34)c12. The average Bonchev–Trinajstić information content (AvgIpc) is 3.76. The number of hydrogen-bond acceptors (Lipinski definition) is 9. The first kappa shape index (κ1) is 38.8. The topological polar surface area (TPSA) is 92.0 Å². The number of benzene rings is 3. The Hall–Kier alpha value is -4.71. The number of aryl methyl sites for hydroxylation is 1. The largest absolute Gasteiger partial charge is 0.508 e. The van der Waals surface area contributed by atoms with Gasteiger partial charge in [0.1, 0.15) is 28.4 Å². The molecule has 2 saturated heterocycles. The number of phenolic OH excluding ortho intramolecular Hbond substituents is 1. The summed E-state index contributed by atoms with van der Waals surface area (Å²) in [6.07, 6.45) is 13.0. The molecule has 9 rings (SSSR count). The first-order chi connectivity index (χ1) is 27.9. The van der Waals surface area contributed by atoms with Crippen molar-refractivity contribution in [1.29, 1.82) is 0 Å². The standard InChI is InChI=1S/C44H49F4N7O3/c1-5-31-34(45)10-7-26-19-30(56)20-32(35(26)31)36-38(46)40-37(33-23-53(3)51-39(33)36)41(55-28-8-9-29(55)22-54(21-28)17-6-18-57-4)50-42(49-40)58-25-43(15-16-43)24-52(2)27-11-13-44(47,48)14-12-27/h1,7,10,19-20,23,27-29,56H,6,8-9,11-18,21-22,24-25H2,2-4H3/t28-,29+. The van der Waals surface area contributed by atoms with E-state index in [0.29, 0.717) is 53.5 Å². The number of terminal acetylenes is 1. The van der Waals surface area contributed by atoms with Gasteiger partial charge in [0.25, 0.3) is 0 Å². The molecule has 14 heteroatoms. The highest BCUT2D eigenvalue weighted by Crippen LogP contribution is 2.49. The Kier molecular flexibility index (Phi) is 9.92. The van der Waals surface area contributed by atoms with Crippen molar-refractivity contribution in [2.75, 3.05) is 58.5 Å². The van der Waals surface area contributed by atoms with E-state index in [9.17, 15) is 13.9 Å². The van der Waals surface area contributed by atoms with E-state index in [1.165, 1.54) is 24.3 Å². The van der Waals surface area contributed by atoms with Gasteiger partial charge < -0.3 is 24.4 Å². The molecule has 4 fully saturated rings. The van der Waals surface area contributed by atoms with Crippen LogP contribution in [-0.2, 0) is 11.8 Å². The fraction of sp³-hybridized carbons (Fsp3) is 0.523. The lowest BCUT2D eigenvalue weighted by atomic mass is 9.90. The van der Waals surface area contributed by atoms with Crippen LogP contribution in [0, 0.1) is 29.4 Å². The maximum absolute atomic E-state index is 17.9. The number of aromatic hydroxyl groups is 1. The first-order valence-corrected chi connectivity index (χ1v) is 20.4. The number of ether oxygens (including phenoxy) is 2. The lowest BCUT2D eigenvalue weighted by Gasteiger charge is -2.42. The number of nitrogens with zero attached hydrogens (tertiary/aromatic N) is 7. The molecule has 58 heavy (non-hydrogen) atoms. The Morgan fingerprint density at radius 1 is 1.00 bits per heavy atom. The summed E-state index contributed by atoms with van der Waals surface area (Å²) in [6, 6.07) is 5.96. The minimum absolute atomic E-state index is 0.0256. The number of halogens is 4. The molecule has 3 aromatic carbocycles. The van der Waals surface area contributed by atoms with Crippen LogP contribution in [0.4, 0.5) is 23.4 Å². The molecule has 2 bridgehead atoms. The molecule has 10 nitrogen and oxygen atoms in total. The quantitative estimate of drug-likeness (QED) is 0.0777. The monoisotopic (exact) mass is 799 g/mol. The minimum Gasteiger partial charge on any atom is -0.508 e. The zero-order valence-electron chi connectivity index (χ0n) is 33.2. The number of alkyl halides is 2. The molecule has 2 aliphatic heterocycles. The van der Waals surface area contributed by atoms with Crippen molar-refractivity contribution in [3.05, 3.63) is 47.7 Å². The number of rotatable bonds is 12. The molecule has 2 saturated carbocycles. The molecular weight excluding hydrogens is 751 g/mol. The number of hydrogen-bond donors (Lipinski definition) is 1. The smallest absolute Gasteiger partial charge is 0.319 e. The molecule has 2 aliphatic carbocycles. The van der Waals surface area contributed by atoms with Gasteiger partial charge in [0.2, 0.25) is 5.92 Å². The van der Waals surface area contributed by atoms with Crippen molar-refractivity contribution in [3.8, 4) is 35.2 Å². The molecule has 2 aromatic heterocycles. The van der Waals surface area contributed by atoms with E-state index in [1.807, 2.05) is 13.2 Å². The second kappa shape index (κ2) is 14.8. The summed E-state index contributed by atoms with van der Waals surface area (Å²) in [7, 11) is 5.47. The van der Waals surface area contributed by atoms with Gasteiger partial charge in [-0.05, 0) is 81.1 Å². The molecule has 306 valence electrons. The molecule has 4 aliphatic rings. The summed E-state index contributed by atoms with van der Waals surface area (Å²) in [5.41, 5.74) is 0.302. The van der Waals surface area contributed by atoms with E-state index in [4.69, 9.17) is 31.0 Å². The van der Waals surface area contributed by atoms with Gasteiger partial charge in [-0.2, -0.15) is 15.1 Å². The average molecular weight is 800 g/mol. The van der Waals surface area contributed by atoms with Crippen LogP contribution in [0.5, 0.6) is 11.8 Å². The maximum Gasteiger partial charge on any atom is 0.319 e. The lowest BCUT2D eigenvalue weighted by Crippen LogP contribution is -2.54. The molecule has 0 amide bonds. The van der Waals surface area contributed by atoms with Crippen molar-refractivity contribution >= 4 is 38.4 Å². The first-order valence-electron chi connectivity index (χ1n) is 20.4. The van der Waals surface area contributed by atoms with Gasteiger partial charge in [-0.25, -0.2) is 17.6 Å². The minimum atomic E-state index is -2.59. The Labute approximate surface area is 335 Å². The van der Waals surface area contributed by atoms with Gasteiger partial charge in [-0.1, -0.05) is 12.0 Å². The second-order valence-electron chi connectivity index (χ2n) is 17.2. The van der Waals surface area contributed by atoms with E-state index in [2.05, 4.69) is 20.6 Å². The van der Waals surface area contributed by atoms with Crippen LogP contribution in [0.3, 0.4) is 0 Å². The van der Waals surface area contributed by atoms with Gasteiger partial charge in [0, 0.05) is 106 Å². The Bertz CT molecular complexity index is 2420. The van der Waals surface area contributed by atoms with E-state index in [-0.39, 0.29) is 82.3 Å². The predicted molar refractivity (Wildman–Crippen MR) is 215 cm³/mol. The van der Waals surface area contributed by atoms with Crippen molar-refractivity contribution in [2.45, 2.75) is 81.8 Å². The molecule has 0 radical (unpaired) electrons. The summed E-state index contributed by atoms with van der Waals surface area (Å²) in [5, 5.41) is 17.5. The number of methoxy groups -OCH3 is 1. The summed E-state index contributed by atoms with van der Waals surface area (Å²) in [6.45, 7) is 4.21. The number of anilines is 1. The fourth-order valence-electron chi connectivity index (χ4n) is 9.99. The van der Waals surface area contributed by atoms with Crippen LogP contribution < -0.4 is 9.64 Å². The highest BCUT2D eigenvalue weighted by atomic mass is 19.3. The summed E-state index contributed by atoms with van der Waals surface area (Å²) in [4.78, 5) is 16.9. The number of piperazine rings is 1. The highest BCUT2D eigenvalue weighted by molar-refractivity contribution is 6.18. The number of fused-ring (bicyclic) bond motifs is 6. The van der Waals surface area contributed by atoms with Crippen molar-refractivity contribution in [3.63, 3.8) is 0 Å². The zero-order valence-corrected chi connectivity index (χ0v) is 33.2. The molecule has 0 unspecified atom stereocenters. The normalized spacial score (nSPS) is 21.7. The van der Waals surface area contributed by atoms with Crippen molar-refractivity contribution in [2.24, 2.45) is 12.5 Å². The van der Waals surface area contributed by atoms with Crippen LogP contribution in [-0.4, -0.2) is 112 Å². The Morgan fingerprint density at radius 2 is 1.74 bits per heavy atom. The van der Waals surface area contributed by atoms with E-state index in [0.717, 1.165) is 51.7 Å². The van der Waals surface area contributed by atoms with Crippen LogP contribution >= 0.6 is 0 Å². The molecule has 4 heterocycles. The van der Waals surface area contributed by atoms with Gasteiger partial charge in [0.15, 0.2) is 5.82 Å². The molecule has 1 N–H and O–H groups in total. The summed E-state index contributed by atoms with van der Waals surface area (Å²) >= 11 is 0. The summed E-state index contributed by atoms with van der Waals surface area (Å²) < 4.78 is 74.5. The molecular formula is C44H49F4N7O3. The number of phenols is 1. The summed E-state index contributed by atoms with van der Waals surface area (Å²) in [5.74, 6) is -1.07. The third kappa shape index (κ3) is 6.98. The van der Waals surface area contributed by atoms with Gasteiger partial charge in [-0.15, -0.1) is 6.42 Å².